The normalized spacial score (nSPS) is 12.0. The Labute approximate surface area is 179 Å². The van der Waals surface area contributed by atoms with Crippen LogP contribution in [0.1, 0.15) is 37.9 Å². The van der Waals surface area contributed by atoms with Gasteiger partial charge in [0.15, 0.2) is 5.82 Å². The van der Waals surface area contributed by atoms with Gasteiger partial charge >= 0.3 is 0 Å². The van der Waals surface area contributed by atoms with Crippen molar-refractivity contribution in [1.29, 1.82) is 0 Å². The monoisotopic (exact) mass is 418 g/mol. The van der Waals surface area contributed by atoms with E-state index in [9.17, 15) is 0 Å². The molecule has 1 N–H and O–H groups in total. The molecule has 2 heterocycles. The zero-order valence-corrected chi connectivity index (χ0v) is 17.8. The van der Waals surface area contributed by atoms with Crippen molar-refractivity contribution in [3.63, 3.8) is 0 Å². The Morgan fingerprint density at radius 3 is 2.57 bits per heavy atom. The molecule has 0 aliphatic heterocycles. The molecule has 152 valence electrons. The number of H-pyrrole nitrogens is 1. The fraction of sp³-hybridized carbons (Fsp3) is 0.227. The number of nitrogens with one attached hydrogen (secondary N) is 1. The summed E-state index contributed by atoms with van der Waals surface area (Å²) in [4.78, 5) is 8.92. The number of para-hydroxylation sites is 2. The third-order valence-electron chi connectivity index (χ3n) is 4.58. The molecule has 0 saturated carbocycles. The van der Waals surface area contributed by atoms with Crippen molar-refractivity contribution >= 4 is 29.5 Å². The van der Waals surface area contributed by atoms with Gasteiger partial charge in [0.25, 0.3) is 0 Å². The Bertz CT molecular complexity index is 1250. The summed E-state index contributed by atoms with van der Waals surface area (Å²) in [5.74, 6) is 1.32. The van der Waals surface area contributed by atoms with Crippen molar-refractivity contribution in [2.45, 2.75) is 32.8 Å². The minimum atomic E-state index is 0.0986. The molecule has 0 radical (unpaired) electrons. The van der Waals surface area contributed by atoms with Gasteiger partial charge in [-0.05, 0) is 47.5 Å². The zero-order valence-electron chi connectivity index (χ0n) is 17.0. The van der Waals surface area contributed by atoms with Gasteiger partial charge in [-0.25, -0.2) is 10.1 Å². The molecule has 2 aromatic carbocycles. The summed E-state index contributed by atoms with van der Waals surface area (Å²) in [5.41, 5.74) is 3.61. The largest absolute Gasteiger partial charge is 0.486 e. The lowest BCUT2D eigenvalue weighted by atomic mass is 9.87. The van der Waals surface area contributed by atoms with Crippen molar-refractivity contribution < 1.29 is 4.74 Å². The number of aromatic amines is 1. The quantitative estimate of drug-likeness (QED) is 0.377. The second-order valence-corrected chi connectivity index (χ2v) is 8.23. The number of hydrogen-bond acceptors (Lipinski definition) is 6. The van der Waals surface area contributed by atoms with Gasteiger partial charge in [-0.15, -0.1) is 0 Å². The minimum Gasteiger partial charge on any atom is -0.486 e. The number of benzene rings is 2. The van der Waals surface area contributed by atoms with E-state index in [1.807, 2.05) is 36.4 Å². The lowest BCUT2D eigenvalue weighted by molar-refractivity contribution is 0.290. The van der Waals surface area contributed by atoms with Crippen molar-refractivity contribution in [3.05, 3.63) is 76.6 Å². The second kappa shape index (κ2) is 8.16. The van der Waals surface area contributed by atoms with Crippen LogP contribution in [0.3, 0.4) is 0 Å². The van der Waals surface area contributed by atoms with Crippen LogP contribution in [-0.4, -0.2) is 31.1 Å². The van der Waals surface area contributed by atoms with E-state index in [2.05, 4.69) is 58.2 Å². The molecular formula is C22H22N6OS. The van der Waals surface area contributed by atoms with Gasteiger partial charge in [0.2, 0.25) is 4.77 Å². The topological polar surface area (TPSA) is 81.0 Å². The van der Waals surface area contributed by atoms with Gasteiger partial charge in [0, 0.05) is 0 Å². The van der Waals surface area contributed by atoms with E-state index in [4.69, 9.17) is 17.0 Å². The average molecular weight is 419 g/mol. The fourth-order valence-electron chi connectivity index (χ4n) is 2.89. The first-order valence-electron chi connectivity index (χ1n) is 9.56. The van der Waals surface area contributed by atoms with E-state index in [-0.39, 0.29) is 12.0 Å². The molecule has 30 heavy (non-hydrogen) atoms. The lowest BCUT2D eigenvalue weighted by Gasteiger charge is -2.19. The van der Waals surface area contributed by atoms with Crippen molar-refractivity contribution in [2.24, 2.45) is 5.10 Å². The smallest absolute Gasteiger partial charge is 0.216 e. The van der Waals surface area contributed by atoms with Crippen molar-refractivity contribution in [2.75, 3.05) is 0 Å². The maximum atomic E-state index is 5.87. The summed E-state index contributed by atoms with van der Waals surface area (Å²) in [7, 11) is 0. The summed E-state index contributed by atoms with van der Waals surface area (Å²) in [6.45, 7) is 6.76. The summed E-state index contributed by atoms with van der Waals surface area (Å²) in [5, 5.41) is 11.4. The Morgan fingerprint density at radius 2 is 1.83 bits per heavy atom. The van der Waals surface area contributed by atoms with E-state index >= 15 is 0 Å². The molecule has 0 bridgehead atoms. The van der Waals surface area contributed by atoms with Crippen LogP contribution >= 0.6 is 12.2 Å². The fourth-order valence-corrected chi connectivity index (χ4v) is 3.08. The standard InChI is InChI=1S/C22H22N6OS/c1-22(2,3)15-8-10-17(11-9-15)29-14-20-26-27-21(30)28(20)24-13-16-12-23-18-6-4-5-7-19(18)25-16/h4-13H,14H2,1-3H3,(H,27,30)/b24-13-. The first-order chi connectivity index (χ1) is 14.4. The van der Waals surface area contributed by atoms with E-state index in [1.54, 1.807) is 12.4 Å². The van der Waals surface area contributed by atoms with Gasteiger partial charge in [0.1, 0.15) is 18.1 Å². The number of fused-ring (bicyclic) bond motifs is 1. The number of nitrogens with zero attached hydrogens (tertiary/aromatic N) is 5. The summed E-state index contributed by atoms with van der Waals surface area (Å²) >= 11 is 5.29. The van der Waals surface area contributed by atoms with Crippen LogP contribution in [0.15, 0.2) is 59.8 Å². The Balaban J connectivity index is 1.50. The molecule has 0 aliphatic carbocycles. The third-order valence-corrected chi connectivity index (χ3v) is 4.84. The predicted molar refractivity (Wildman–Crippen MR) is 119 cm³/mol. The predicted octanol–water partition coefficient (Wildman–Crippen LogP) is 4.64. The van der Waals surface area contributed by atoms with Crippen LogP contribution in [0.4, 0.5) is 0 Å². The highest BCUT2D eigenvalue weighted by Crippen LogP contribution is 2.24. The molecule has 4 aromatic rings. The number of ether oxygens (including phenoxy) is 1. The Morgan fingerprint density at radius 1 is 1.10 bits per heavy atom. The lowest BCUT2D eigenvalue weighted by Crippen LogP contribution is -2.10. The first-order valence-corrected chi connectivity index (χ1v) is 9.97. The van der Waals surface area contributed by atoms with E-state index in [0.717, 1.165) is 16.8 Å². The molecule has 0 unspecified atom stereocenters. The molecule has 0 fully saturated rings. The van der Waals surface area contributed by atoms with Crippen LogP contribution in [0, 0.1) is 4.77 Å². The molecule has 0 saturated heterocycles. The highest BCUT2D eigenvalue weighted by Gasteiger charge is 2.13. The molecule has 0 spiro atoms. The molecular weight excluding hydrogens is 396 g/mol. The van der Waals surface area contributed by atoms with E-state index in [1.165, 1.54) is 10.2 Å². The molecule has 0 atom stereocenters. The van der Waals surface area contributed by atoms with E-state index < -0.39 is 0 Å². The molecule has 4 rings (SSSR count). The van der Waals surface area contributed by atoms with Gasteiger partial charge < -0.3 is 4.74 Å². The van der Waals surface area contributed by atoms with E-state index in [0.29, 0.717) is 16.3 Å². The minimum absolute atomic E-state index is 0.0986. The molecule has 2 aromatic heterocycles. The van der Waals surface area contributed by atoms with Gasteiger partial charge in [-0.1, -0.05) is 45.0 Å². The number of rotatable bonds is 5. The summed E-state index contributed by atoms with van der Waals surface area (Å²) in [6, 6.07) is 15.7. The van der Waals surface area contributed by atoms with Gasteiger partial charge in [0.05, 0.1) is 23.4 Å². The van der Waals surface area contributed by atoms with Gasteiger partial charge in [-0.2, -0.15) is 14.9 Å². The zero-order chi connectivity index (χ0) is 21.1. The van der Waals surface area contributed by atoms with Crippen LogP contribution in [-0.2, 0) is 12.0 Å². The highest BCUT2D eigenvalue weighted by molar-refractivity contribution is 7.71. The van der Waals surface area contributed by atoms with Crippen molar-refractivity contribution in [1.82, 2.24) is 24.8 Å². The van der Waals surface area contributed by atoms with Crippen LogP contribution in [0.25, 0.3) is 11.0 Å². The van der Waals surface area contributed by atoms with Crippen molar-refractivity contribution in [3.8, 4) is 5.75 Å². The molecule has 7 nitrogen and oxygen atoms in total. The molecule has 0 amide bonds. The summed E-state index contributed by atoms with van der Waals surface area (Å²) in [6.07, 6.45) is 3.27. The van der Waals surface area contributed by atoms with Crippen LogP contribution in [0.5, 0.6) is 5.75 Å². The number of hydrogen-bond donors (Lipinski definition) is 1. The maximum Gasteiger partial charge on any atom is 0.216 e. The third kappa shape index (κ3) is 4.44. The summed E-state index contributed by atoms with van der Waals surface area (Å²) < 4.78 is 7.77. The van der Waals surface area contributed by atoms with Gasteiger partial charge in [-0.3, -0.25) is 4.98 Å². The number of aromatic nitrogens is 5. The first kappa shape index (κ1) is 19.9. The van der Waals surface area contributed by atoms with Crippen LogP contribution < -0.4 is 4.74 Å². The SMILES string of the molecule is CC(C)(C)c1ccc(OCc2n[nH]c(=S)n2/N=C\c2cnc3ccccc3n2)cc1. The highest BCUT2D eigenvalue weighted by atomic mass is 32.1. The average Bonchev–Trinajstić information content (AvgIpc) is 3.09. The van der Waals surface area contributed by atoms with Crippen LogP contribution in [0.2, 0.25) is 0 Å². The molecule has 8 heteroatoms. The Kier molecular flexibility index (Phi) is 5.41. The Hall–Kier alpha value is -3.39. The second-order valence-electron chi connectivity index (χ2n) is 7.85. The maximum absolute atomic E-state index is 5.87. The molecule has 0 aliphatic rings.